The average molecular weight is 603 g/mol. The number of hydrogen-bond donors (Lipinski definition) is 1. The van der Waals surface area contributed by atoms with Crippen LogP contribution >= 0.6 is 23.2 Å². The molecule has 0 spiro atoms. The standard InChI is InChI=1S/C30H33Cl2N3O4S/c1-21-10-6-7-11-23(21)19-34(22(2)30(37)33-24-12-8-9-13-24)29(36)20-35(25-16-17-27(31)28(32)18-25)40(38,39)26-14-4-3-5-15-26/h3-7,10-11,14-18,22,24H,8-9,12-13,19-20H2,1-2H3,(H,33,37)/t22-/m0/s1. The molecule has 1 aliphatic carbocycles. The smallest absolute Gasteiger partial charge is 0.264 e. The molecule has 3 aromatic carbocycles. The third kappa shape index (κ3) is 6.97. The van der Waals surface area contributed by atoms with Gasteiger partial charge in [0.05, 0.1) is 20.6 Å². The second-order valence-corrected chi connectivity index (χ2v) is 12.7. The van der Waals surface area contributed by atoms with E-state index >= 15 is 0 Å². The molecule has 1 N–H and O–H groups in total. The lowest BCUT2D eigenvalue weighted by molar-refractivity contribution is -0.139. The van der Waals surface area contributed by atoms with Crippen molar-refractivity contribution in [2.75, 3.05) is 10.8 Å². The summed E-state index contributed by atoms with van der Waals surface area (Å²) in [7, 11) is -4.17. The summed E-state index contributed by atoms with van der Waals surface area (Å²) in [6.45, 7) is 3.21. The van der Waals surface area contributed by atoms with Crippen LogP contribution in [0.5, 0.6) is 0 Å². The Morgan fingerprint density at radius 3 is 2.25 bits per heavy atom. The minimum atomic E-state index is -4.17. The van der Waals surface area contributed by atoms with Gasteiger partial charge < -0.3 is 10.2 Å². The Morgan fingerprint density at radius 2 is 1.60 bits per heavy atom. The van der Waals surface area contributed by atoms with Crippen molar-refractivity contribution in [3.8, 4) is 0 Å². The first-order valence-corrected chi connectivity index (χ1v) is 15.4. The number of nitrogens with one attached hydrogen (secondary N) is 1. The largest absolute Gasteiger partial charge is 0.352 e. The summed E-state index contributed by atoms with van der Waals surface area (Å²) in [6.07, 6.45) is 3.93. The number of carbonyl (C=O) groups is 2. The van der Waals surface area contributed by atoms with Crippen molar-refractivity contribution in [2.45, 2.75) is 63.1 Å². The monoisotopic (exact) mass is 601 g/mol. The fourth-order valence-electron chi connectivity index (χ4n) is 4.83. The first-order valence-electron chi connectivity index (χ1n) is 13.2. The van der Waals surface area contributed by atoms with Crippen LogP contribution in [0.3, 0.4) is 0 Å². The van der Waals surface area contributed by atoms with Gasteiger partial charge in [-0.15, -0.1) is 0 Å². The van der Waals surface area contributed by atoms with Crippen LogP contribution in [0.1, 0.15) is 43.7 Å². The summed E-state index contributed by atoms with van der Waals surface area (Å²) >= 11 is 12.4. The van der Waals surface area contributed by atoms with Crippen LogP contribution in [0.15, 0.2) is 77.7 Å². The first-order chi connectivity index (χ1) is 19.1. The molecule has 0 radical (unpaired) electrons. The van der Waals surface area contributed by atoms with Crippen LogP contribution in [-0.2, 0) is 26.2 Å². The predicted octanol–water partition coefficient (Wildman–Crippen LogP) is 5.97. The minimum absolute atomic E-state index is 0.0198. The maximum atomic E-state index is 14.0. The second kappa shape index (κ2) is 13.1. The molecule has 40 heavy (non-hydrogen) atoms. The summed E-state index contributed by atoms with van der Waals surface area (Å²) in [5.41, 5.74) is 2.01. The Labute approximate surface area is 246 Å². The average Bonchev–Trinajstić information content (AvgIpc) is 3.46. The number of hydrogen-bond acceptors (Lipinski definition) is 4. The first kappa shape index (κ1) is 29.9. The number of carbonyl (C=O) groups excluding carboxylic acids is 2. The number of benzene rings is 3. The lowest BCUT2D eigenvalue weighted by Gasteiger charge is -2.33. The molecule has 212 valence electrons. The SMILES string of the molecule is Cc1ccccc1CN(C(=O)CN(c1ccc(Cl)c(Cl)c1)S(=O)(=O)c1ccccc1)[C@@H](C)C(=O)NC1CCCC1. The Hall–Kier alpha value is -3.07. The van der Waals surface area contributed by atoms with Crippen molar-refractivity contribution in [1.82, 2.24) is 10.2 Å². The number of amides is 2. The topological polar surface area (TPSA) is 86.8 Å². The van der Waals surface area contributed by atoms with E-state index in [2.05, 4.69) is 5.32 Å². The van der Waals surface area contributed by atoms with Crippen LogP contribution in [0.25, 0.3) is 0 Å². The van der Waals surface area contributed by atoms with Crippen molar-refractivity contribution < 1.29 is 18.0 Å². The minimum Gasteiger partial charge on any atom is -0.352 e. The normalized spacial score (nSPS) is 14.5. The van der Waals surface area contributed by atoms with Crippen molar-refractivity contribution in [3.63, 3.8) is 0 Å². The van der Waals surface area contributed by atoms with E-state index in [9.17, 15) is 18.0 Å². The van der Waals surface area contributed by atoms with Crippen LogP contribution in [0.4, 0.5) is 5.69 Å². The molecule has 2 amide bonds. The lowest BCUT2D eigenvalue weighted by atomic mass is 10.1. The molecule has 4 rings (SSSR count). The van der Waals surface area contributed by atoms with Gasteiger partial charge in [0.25, 0.3) is 10.0 Å². The predicted molar refractivity (Wildman–Crippen MR) is 159 cm³/mol. The molecule has 0 bridgehead atoms. The fourth-order valence-corrected chi connectivity index (χ4v) is 6.55. The van der Waals surface area contributed by atoms with Crippen molar-refractivity contribution in [2.24, 2.45) is 0 Å². The van der Waals surface area contributed by atoms with Gasteiger partial charge in [-0.1, -0.05) is 78.5 Å². The maximum Gasteiger partial charge on any atom is 0.264 e. The highest BCUT2D eigenvalue weighted by atomic mass is 35.5. The third-order valence-electron chi connectivity index (χ3n) is 7.27. The van der Waals surface area contributed by atoms with E-state index in [1.807, 2.05) is 31.2 Å². The Kier molecular flexibility index (Phi) is 9.77. The van der Waals surface area contributed by atoms with Gasteiger partial charge in [-0.3, -0.25) is 13.9 Å². The summed E-state index contributed by atoms with van der Waals surface area (Å²) in [5, 5.41) is 3.48. The van der Waals surface area contributed by atoms with E-state index in [1.165, 1.54) is 35.2 Å². The molecular formula is C30H33Cl2N3O4S. The van der Waals surface area contributed by atoms with Gasteiger partial charge in [-0.2, -0.15) is 0 Å². The molecule has 7 nitrogen and oxygen atoms in total. The van der Waals surface area contributed by atoms with Crippen LogP contribution in [0, 0.1) is 6.92 Å². The number of aryl methyl sites for hydroxylation is 1. The van der Waals surface area contributed by atoms with E-state index in [0.29, 0.717) is 0 Å². The molecule has 0 heterocycles. The molecule has 3 aromatic rings. The highest BCUT2D eigenvalue weighted by molar-refractivity contribution is 7.92. The van der Waals surface area contributed by atoms with Crippen molar-refractivity contribution in [1.29, 1.82) is 0 Å². The van der Waals surface area contributed by atoms with Crippen molar-refractivity contribution in [3.05, 3.63) is 94.0 Å². The van der Waals surface area contributed by atoms with Gasteiger partial charge >= 0.3 is 0 Å². The molecule has 1 fully saturated rings. The quantitative estimate of drug-likeness (QED) is 0.310. The zero-order valence-electron chi connectivity index (χ0n) is 22.5. The number of halogens is 2. The molecule has 1 saturated carbocycles. The number of anilines is 1. The fraction of sp³-hybridized carbons (Fsp3) is 0.333. The van der Waals surface area contributed by atoms with Crippen LogP contribution in [0.2, 0.25) is 10.0 Å². The highest BCUT2D eigenvalue weighted by Gasteiger charge is 2.33. The Balaban J connectivity index is 1.70. The van der Waals surface area contributed by atoms with Gasteiger partial charge in [-0.25, -0.2) is 8.42 Å². The van der Waals surface area contributed by atoms with Gasteiger partial charge in [0.2, 0.25) is 11.8 Å². The molecule has 0 aliphatic heterocycles. The summed E-state index contributed by atoms with van der Waals surface area (Å²) in [4.78, 5) is 28.8. The van der Waals surface area contributed by atoms with Crippen LogP contribution < -0.4 is 9.62 Å². The maximum absolute atomic E-state index is 14.0. The number of rotatable bonds is 10. The van der Waals surface area contributed by atoms with E-state index in [4.69, 9.17) is 23.2 Å². The van der Waals surface area contributed by atoms with E-state index < -0.39 is 28.5 Å². The van der Waals surface area contributed by atoms with Gasteiger partial charge in [0, 0.05) is 12.6 Å². The van der Waals surface area contributed by atoms with E-state index in [-0.39, 0.29) is 39.1 Å². The molecular weight excluding hydrogens is 569 g/mol. The zero-order valence-corrected chi connectivity index (χ0v) is 24.8. The molecule has 0 saturated heterocycles. The highest BCUT2D eigenvalue weighted by Crippen LogP contribution is 2.31. The molecule has 1 atom stereocenters. The molecule has 10 heteroatoms. The van der Waals surface area contributed by atoms with Crippen molar-refractivity contribution >= 4 is 50.7 Å². The van der Waals surface area contributed by atoms with Gasteiger partial charge in [0.15, 0.2) is 0 Å². The summed E-state index contributed by atoms with van der Waals surface area (Å²) in [6, 6.07) is 19.1. The second-order valence-electron chi connectivity index (χ2n) is 10.0. The molecule has 0 unspecified atom stereocenters. The van der Waals surface area contributed by atoms with E-state index in [1.54, 1.807) is 25.1 Å². The molecule has 0 aromatic heterocycles. The van der Waals surface area contributed by atoms with Gasteiger partial charge in [-0.05, 0) is 68.1 Å². The summed E-state index contributed by atoms with van der Waals surface area (Å²) in [5.74, 6) is -0.788. The van der Waals surface area contributed by atoms with Gasteiger partial charge in [0.1, 0.15) is 12.6 Å². The Morgan fingerprint density at radius 1 is 0.950 bits per heavy atom. The zero-order chi connectivity index (χ0) is 28.9. The third-order valence-corrected chi connectivity index (χ3v) is 9.80. The number of sulfonamides is 1. The number of nitrogens with zero attached hydrogens (tertiary/aromatic N) is 2. The lowest BCUT2D eigenvalue weighted by Crippen LogP contribution is -2.52. The summed E-state index contributed by atoms with van der Waals surface area (Å²) < 4.78 is 28.7. The van der Waals surface area contributed by atoms with E-state index in [0.717, 1.165) is 41.1 Å². The van der Waals surface area contributed by atoms with Crippen LogP contribution in [-0.4, -0.2) is 43.8 Å². The Bertz CT molecular complexity index is 1460. The molecule has 1 aliphatic rings.